The van der Waals surface area contributed by atoms with E-state index in [4.69, 9.17) is 0 Å². The second kappa shape index (κ2) is 4.69. The standard InChI is InChI=1S/C16H14N2O/c1-12-2-3-14-9-15(5-4-13(14)8-12)16(19)10-18-7-6-17-11-18/h2-9,11H,10H2,1H3. The molecule has 94 valence electrons. The van der Waals surface area contributed by atoms with Gasteiger partial charge >= 0.3 is 0 Å². The van der Waals surface area contributed by atoms with E-state index in [0.29, 0.717) is 6.54 Å². The Kier molecular flexibility index (Phi) is 2.88. The monoisotopic (exact) mass is 250 g/mol. The van der Waals surface area contributed by atoms with E-state index in [9.17, 15) is 4.79 Å². The summed E-state index contributed by atoms with van der Waals surface area (Å²) in [5.41, 5.74) is 1.97. The number of hydrogen-bond acceptors (Lipinski definition) is 2. The zero-order valence-corrected chi connectivity index (χ0v) is 10.7. The molecule has 3 aromatic rings. The van der Waals surface area contributed by atoms with Crippen molar-refractivity contribution in [3.8, 4) is 0 Å². The van der Waals surface area contributed by atoms with E-state index in [1.165, 1.54) is 10.9 Å². The average molecular weight is 250 g/mol. The Morgan fingerprint density at radius 2 is 1.95 bits per heavy atom. The molecule has 0 saturated carbocycles. The summed E-state index contributed by atoms with van der Waals surface area (Å²) in [4.78, 5) is 16.1. The van der Waals surface area contributed by atoms with Crippen LogP contribution in [0.25, 0.3) is 10.8 Å². The summed E-state index contributed by atoms with van der Waals surface area (Å²) in [6.45, 7) is 2.40. The van der Waals surface area contributed by atoms with E-state index in [0.717, 1.165) is 10.9 Å². The third-order valence-corrected chi connectivity index (χ3v) is 3.20. The second-order valence-corrected chi connectivity index (χ2v) is 4.72. The SMILES string of the molecule is Cc1ccc2cc(C(=O)Cn3ccnc3)ccc2c1. The predicted molar refractivity (Wildman–Crippen MR) is 75.2 cm³/mol. The first-order valence-corrected chi connectivity index (χ1v) is 6.22. The van der Waals surface area contributed by atoms with Gasteiger partial charge in [-0.2, -0.15) is 0 Å². The van der Waals surface area contributed by atoms with E-state index < -0.39 is 0 Å². The molecule has 0 amide bonds. The summed E-state index contributed by atoms with van der Waals surface area (Å²) >= 11 is 0. The maximum Gasteiger partial charge on any atom is 0.182 e. The van der Waals surface area contributed by atoms with Crippen molar-refractivity contribution in [3.05, 3.63) is 66.2 Å². The van der Waals surface area contributed by atoms with E-state index in [-0.39, 0.29) is 5.78 Å². The van der Waals surface area contributed by atoms with Crippen molar-refractivity contribution in [2.24, 2.45) is 0 Å². The van der Waals surface area contributed by atoms with Gasteiger partial charge in [0, 0.05) is 18.0 Å². The van der Waals surface area contributed by atoms with E-state index in [1.807, 2.05) is 18.2 Å². The number of carbonyl (C=O) groups excluding carboxylic acids is 1. The van der Waals surface area contributed by atoms with Gasteiger partial charge < -0.3 is 4.57 Å². The molecule has 0 atom stereocenters. The quantitative estimate of drug-likeness (QED) is 0.669. The fraction of sp³-hybridized carbons (Fsp3) is 0.125. The van der Waals surface area contributed by atoms with Gasteiger partial charge in [0.05, 0.1) is 12.9 Å². The van der Waals surface area contributed by atoms with E-state index in [1.54, 1.807) is 23.3 Å². The molecule has 0 spiro atoms. The first-order valence-electron chi connectivity index (χ1n) is 6.22. The Balaban J connectivity index is 1.92. The number of aromatic nitrogens is 2. The van der Waals surface area contributed by atoms with Gasteiger partial charge in [-0.25, -0.2) is 4.98 Å². The zero-order valence-electron chi connectivity index (χ0n) is 10.7. The van der Waals surface area contributed by atoms with Crippen molar-refractivity contribution >= 4 is 16.6 Å². The van der Waals surface area contributed by atoms with Gasteiger partial charge in [0.25, 0.3) is 0 Å². The first kappa shape index (κ1) is 11.7. The van der Waals surface area contributed by atoms with E-state index in [2.05, 4.69) is 30.1 Å². The molecule has 0 aliphatic heterocycles. The largest absolute Gasteiger partial charge is 0.330 e. The van der Waals surface area contributed by atoms with Gasteiger partial charge in [0.1, 0.15) is 0 Å². The highest BCUT2D eigenvalue weighted by Gasteiger charge is 2.07. The molecule has 3 nitrogen and oxygen atoms in total. The molecule has 0 saturated heterocycles. The zero-order chi connectivity index (χ0) is 13.2. The number of rotatable bonds is 3. The molecule has 1 aromatic heterocycles. The number of ketones is 1. The fourth-order valence-corrected chi connectivity index (χ4v) is 2.18. The maximum absolute atomic E-state index is 12.2. The molecule has 0 aliphatic carbocycles. The lowest BCUT2D eigenvalue weighted by atomic mass is 10.0. The van der Waals surface area contributed by atoms with Crippen LogP contribution in [0.5, 0.6) is 0 Å². The molecule has 0 fully saturated rings. The predicted octanol–water partition coefficient (Wildman–Crippen LogP) is 3.23. The van der Waals surface area contributed by atoms with Crippen molar-refractivity contribution < 1.29 is 4.79 Å². The molecule has 2 aromatic carbocycles. The number of Topliss-reactive ketones (excluding diaryl/α,β-unsaturated/α-hetero) is 1. The van der Waals surface area contributed by atoms with Gasteiger partial charge in [-0.3, -0.25) is 4.79 Å². The number of nitrogens with zero attached hydrogens (tertiary/aromatic N) is 2. The Morgan fingerprint density at radius 3 is 2.74 bits per heavy atom. The van der Waals surface area contributed by atoms with Crippen LogP contribution in [-0.4, -0.2) is 15.3 Å². The molecule has 0 radical (unpaired) electrons. The van der Waals surface area contributed by atoms with Crippen molar-refractivity contribution in [2.75, 3.05) is 0 Å². The smallest absolute Gasteiger partial charge is 0.182 e. The molecule has 3 heteroatoms. The Hall–Kier alpha value is -2.42. The lowest BCUT2D eigenvalue weighted by molar-refractivity contribution is 0.0972. The van der Waals surface area contributed by atoms with Crippen LogP contribution in [0.4, 0.5) is 0 Å². The summed E-state index contributed by atoms with van der Waals surface area (Å²) in [6, 6.07) is 12.1. The molecule has 0 bridgehead atoms. The summed E-state index contributed by atoms with van der Waals surface area (Å²) < 4.78 is 1.78. The van der Waals surface area contributed by atoms with Gasteiger partial charge in [-0.1, -0.05) is 35.9 Å². The second-order valence-electron chi connectivity index (χ2n) is 4.72. The normalized spacial score (nSPS) is 10.8. The highest BCUT2D eigenvalue weighted by atomic mass is 16.1. The van der Waals surface area contributed by atoms with Gasteiger partial charge in [0.2, 0.25) is 0 Å². The van der Waals surface area contributed by atoms with E-state index >= 15 is 0 Å². The van der Waals surface area contributed by atoms with Crippen molar-refractivity contribution in [1.29, 1.82) is 0 Å². The Bertz CT molecular complexity index is 730. The highest BCUT2D eigenvalue weighted by Crippen LogP contribution is 2.18. The maximum atomic E-state index is 12.2. The van der Waals surface area contributed by atoms with Crippen LogP contribution in [0.1, 0.15) is 15.9 Å². The topological polar surface area (TPSA) is 34.9 Å². The highest BCUT2D eigenvalue weighted by molar-refractivity contribution is 5.99. The molecule has 0 unspecified atom stereocenters. The summed E-state index contributed by atoms with van der Waals surface area (Å²) in [7, 11) is 0. The molecule has 0 N–H and O–H groups in total. The van der Waals surface area contributed by atoms with Crippen LogP contribution in [0.15, 0.2) is 55.1 Å². The lowest BCUT2D eigenvalue weighted by Gasteiger charge is -2.05. The Labute approximate surface area is 111 Å². The van der Waals surface area contributed by atoms with Crippen molar-refractivity contribution in [1.82, 2.24) is 9.55 Å². The third-order valence-electron chi connectivity index (χ3n) is 3.20. The molecule has 0 aliphatic rings. The summed E-state index contributed by atoms with van der Waals surface area (Å²) in [5, 5.41) is 2.27. The van der Waals surface area contributed by atoms with Gasteiger partial charge in [-0.15, -0.1) is 0 Å². The molecular formula is C16H14N2O. The number of benzene rings is 2. The molecular weight excluding hydrogens is 236 g/mol. The van der Waals surface area contributed by atoms with Crippen LogP contribution < -0.4 is 0 Å². The number of aryl methyl sites for hydroxylation is 1. The lowest BCUT2D eigenvalue weighted by Crippen LogP contribution is -2.08. The number of fused-ring (bicyclic) bond motifs is 1. The number of carbonyl (C=O) groups is 1. The van der Waals surface area contributed by atoms with Crippen molar-refractivity contribution in [3.63, 3.8) is 0 Å². The van der Waals surface area contributed by atoms with Crippen LogP contribution in [-0.2, 0) is 6.54 Å². The minimum absolute atomic E-state index is 0.0977. The molecule has 1 heterocycles. The van der Waals surface area contributed by atoms with Crippen molar-refractivity contribution in [2.45, 2.75) is 13.5 Å². The van der Waals surface area contributed by atoms with Crippen LogP contribution in [0, 0.1) is 6.92 Å². The number of hydrogen-bond donors (Lipinski definition) is 0. The fourth-order valence-electron chi connectivity index (χ4n) is 2.18. The van der Waals surface area contributed by atoms with Crippen LogP contribution in [0.2, 0.25) is 0 Å². The average Bonchev–Trinajstić information content (AvgIpc) is 2.91. The summed E-state index contributed by atoms with van der Waals surface area (Å²) in [6.07, 6.45) is 5.13. The van der Waals surface area contributed by atoms with Crippen LogP contribution in [0.3, 0.4) is 0 Å². The third kappa shape index (κ3) is 2.40. The minimum Gasteiger partial charge on any atom is -0.330 e. The van der Waals surface area contributed by atoms with Gasteiger partial charge in [-0.05, 0) is 23.8 Å². The molecule has 19 heavy (non-hydrogen) atoms. The first-order chi connectivity index (χ1) is 9.22. The number of imidazole rings is 1. The minimum atomic E-state index is 0.0977. The van der Waals surface area contributed by atoms with Gasteiger partial charge in [0.15, 0.2) is 5.78 Å². The molecule has 3 rings (SSSR count). The Morgan fingerprint density at radius 1 is 1.16 bits per heavy atom. The van der Waals surface area contributed by atoms with Crippen LogP contribution >= 0.6 is 0 Å². The summed E-state index contributed by atoms with van der Waals surface area (Å²) in [5.74, 6) is 0.0977.